The summed E-state index contributed by atoms with van der Waals surface area (Å²) in [6.45, 7) is 6.54. The molecule has 84 valence electrons. The van der Waals surface area contributed by atoms with E-state index >= 15 is 0 Å². The molecule has 1 atom stereocenters. The minimum absolute atomic E-state index is 0.283. The van der Waals surface area contributed by atoms with Crippen molar-refractivity contribution in [3.05, 3.63) is 33.8 Å². The van der Waals surface area contributed by atoms with Gasteiger partial charge in [0, 0.05) is 10.5 Å². The molecule has 0 saturated carbocycles. The fourth-order valence-electron chi connectivity index (χ4n) is 1.83. The Morgan fingerprint density at radius 3 is 2.53 bits per heavy atom. The molecule has 0 heterocycles. The Morgan fingerprint density at radius 2 is 2.00 bits per heavy atom. The van der Waals surface area contributed by atoms with Gasteiger partial charge in [-0.15, -0.1) is 0 Å². The summed E-state index contributed by atoms with van der Waals surface area (Å²) in [4.78, 5) is 0. The lowest BCUT2D eigenvalue weighted by Crippen LogP contribution is -2.24. The number of nitrogens with two attached hydrogens (primary N) is 1. The first-order valence-electron chi connectivity index (χ1n) is 5.49. The van der Waals surface area contributed by atoms with Crippen LogP contribution < -0.4 is 5.73 Å². The SMILES string of the molecule is Cc1cc(CC(N)CC(C)C)ccc1Br. The number of aryl methyl sites for hydroxylation is 1. The summed E-state index contributed by atoms with van der Waals surface area (Å²) < 4.78 is 1.17. The monoisotopic (exact) mass is 269 g/mol. The highest BCUT2D eigenvalue weighted by Crippen LogP contribution is 2.18. The second kappa shape index (κ2) is 5.66. The maximum atomic E-state index is 6.08. The van der Waals surface area contributed by atoms with Crippen molar-refractivity contribution in [3.8, 4) is 0 Å². The maximum absolute atomic E-state index is 6.08. The lowest BCUT2D eigenvalue weighted by atomic mass is 9.97. The van der Waals surface area contributed by atoms with E-state index in [-0.39, 0.29) is 6.04 Å². The quantitative estimate of drug-likeness (QED) is 0.887. The molecular weight excluding hydrogens is 250 g/mol. The van der Waals surface area contributed by atoms with Crippen molar-refractivity contribution in [1.29, 1.82) is 0 Å². The molecule has 1 aromatic rings. The number of rotatable bonds is 4. The van der Waals surface area contributed by atoms with Gasteiger partial charge in [0.1, 0.15) is 0 Å². The first kappa shape index (κ1) is 12.7. The van der Waals surface area contributed by atoms with Crippen molar-refractivity contribution in [1.82, 2.24) is 0 Å². The fraction of sp³-hybridized carbons (Fsp3) is 0.538. The summed E-state index contributed by atoms with van der Waals surface area (Å²) in [6.07, 6.45) is 2.07. The highest BCUT2D eigenvalue weighted by molar-refractivity contribution is 9.10. The van der Waals surface area contributed by atoms with E-state index < -0.39 is 0 Å². The van der Waals surface area contributed by atoms with E-state index in [1.54, 1.807) is 0 Å². The number of hydrogen-bond acceptors (Lipinski definition) is 1. The summed E-state index contributed by atoms with van der Waals surface area (Å²) in [7, 11) is 0. The Bertz CT molecular complexity index is 320. The summed E-state index contributed by atoms with van der Waals surface area (Å²) in [5.74, 6) is 0.677. The molecular formula is C13H20BrN. The minimum atomic E-state index is 0.283. The van der Waals surface area contributed by atoms with Crippen molar-refractivity contribution in [2.24, 2.45) is 11.7 Å². The molecule has 0 bridgehead atoms. The zero-order chi connectivity index (χ0) is 11.4. The number of benzene rings is 1. The van der Waals surface area contributed by atoms with Crippen LogP contribution in [0, 0.1) is 12.8 Å². The van der Waals surface area contributed by atoms with Crippen molar-refractivity contribution >= 4 is 15.9 Å². The van der Waals surface area contributed by atoms with Crippen LogP contribution in [0.1, 0.15) is 31.4 Å². The smallest absolute Gasteiger partial charge is 0.0204 e. The van der Waals surface area contributed by atoms with E-state index in [4.69, 9.17) is 5.73 Å². The molecule has 0 aliphatic rings. The molecule has 15 heavy (non-hydrogen) atoms. The van der Waals surface area contributed by atoms with Crippen LogP contribution in [0.25, 0.3) is 0 Å². The van der Waals surface area contributed by atoms with Gasteiger partial charge in [-0.2, -0.15) is 0 Å². The normalized spacial score (nSPS) is 13.2. The van der Waals surface area contributed by atoms with E-state index in [1.807, 2.05) is 0 Å². The van der Waals surface area contributed by atoms with E-state index in [2.05, 4.69) is 54.9 Å². The van der Waals surface area contributed by atoms with Crippen LogP contribution in [0.15, 0.2) is 22.7 Å². The van der Waals surface area contributed by atoms with Gasteiger partial charge in [0.05, 0.1) is 0 Å². The molecule has 0 radical (unpaired) electrons. The van der Waals surface area contributed by atoms with Gasteiger partial charge in [0.15, 0.2) is 0 Å². The van der Waals surface area contributed by atoms with Crippen LogP contribution in [0.3, 0.4) is 0 Å². The maximum Gasteiger partial charge on any atom is 0.0204 e. The molecule has 0 saturated heterocycles. The molecule has 1 unspecified atom stereocenters. The van der Waals surface area contributed by atoms with E-state index in [0.29, 0.717) is 5.92 Å². The van der Waals surface area contributed by atoms with Gasteiger partial charge >= 0.3 is 0 Å². The molecule has 0 fully saturated rings. The molecule has 0 aliphatic carbocycles. The van der Waals surface area contributed by atoms with Gasteiger partial charge in [0.25, 0.3) is 0 Å². The van der Waals surface area contributed by atoms with Crippen LogP contribution in [0.4, 0.5) is 0 Å². The highest BCUT2D eigenvalue weighted by Gasteiger charge is 2.07. The van der Waals surface area contributed by atoms with Crippen LogP contribution in [-0.2, 0) is 6.42 Å². The molecule has 0 amide bonds. The van der Waals surface area contributed by atoms with Crippen LogP contribution in [-0.4, -0.2) is 6.04 Å². The molecule has 0 aliphatic heterocycles. The molecule has 2 N–H and O–H groups in total. The van der Waals surface area contributed by atoms with Gasteiger partial charge in [-0.05, 0) is 42.9 Å². The van der Waals surface area contributed by atoms with Gasteiger partial charge in [-0.25, -0.2) is 0 Å². The van der Waals surface area contributed by atoms with Crippen molar-refractivity contribution in [2.45, 2.75) is 39.7 Å². The minimum Gasteiger partial charge on any atom is -0.327 e. The zero-order valence-corrected chi connectivity index (χ0v) is 11.3. The summed E-state index contributed by atoms with van der Waals surface area (Å²) in [5, 5.41) is 0. The summed E-state index contributed by atoms with van der Waals surface area (Å²) >= 11 is 3.50. The average molecular weight is 270 g/mol. The molecule has 1 rings (SSSR count). The second-order valence-corrected chi connectivity index (χ2v) is 5.53. The van der Waals surface area contributed by atoms with E-state index in [9.17, 15) is 0 Å². The largest absolute Gasteiger partial charge is 0.327 e. The molecule has 1 aromatic carbocycles. The van der Waals surface area contributed by atoms with Crippen LogP contribution in [0.5, 0.6) is 0 Å². The standard InChI is InChI=1S/C13H20BrN/c1-9(2)6-12(15)8-11-4-5-13(14)10(3)7-11/h4-5,7,9,12H,6,8,15H2,1-3H3. The molecule has 1 nitrogen and oxygen atoms in total. The van der Waals surface area contributed by atoms with Gasteiger partial charge < -0.3 is 5.73 Å². The molecule has 0 aromatic heterocycles. The van der Waals surface area contributed by atoms with E-state index in [1.165, 1.54) is 15.6 Å². The third kappa shape index (κ3) is 4.35. The van der Waals surface area contributed by atoms with Crippen molar-refractivity contribution in [3.63, 3.8) is 0 Å². The highest BCUT2D eigenvalue weighted by atomic mass is 79.9. The summed E-state index contributed by atoms with van der Waals surface area (Å²) in [5.41, 5.74) is 8.70. The fourth-order valence-corrected chi connectivity index (χ4v) is 2.07. The molecule has 2 heteroatoms. The first-order chi connectivity index (χ1) is 6.99. The van der Waals surface area contributed by atoms with Gasteiger partial charge in [-0.1, -0.05) is 41.9 Å². The van der Waals surface area contributed by atoms with Gasteiger partial charge in [-0.3, -0.25) is 0 Å². The number of hydrogen-bond donors (Lipinski definition) is 1. The Labute approximate surface area is 101 Å². The van der Waals surface area contributed by atoms with E-state index in [0.717, 1.165) is 12.8 Å². The first-order valence-corrected chi connectivity index (χ1v) is 6.29. The van der Waals surface area contributed by atoms with Crippen molar-refractivity contribution in [2.75, 3.05) is 0 Å². The Morgan fingerprint density at radius 1 is 1.33 bits per heavy atom. The third-order valence-electron chi connectivity index (χ3n) is 2.49. The second-order valence-electron chi connectivity index (χ2n) is 4.68. The Hall–Kier alpha value is -0.340. The lowest BCUT2D eigenvalue weighted by Gasteiger charge is -2.14. The van der Waals surface area contributed by atoms with Crippen LogP contribution in [0.2, 0.25) is 0 Å². The lowest BCUT2D eigenvalue weighted by molar-refractivity contribution is 0.493. The topological polar surface area (TPSA) is 26.0 Å². The predicted octanol–water partition coefficient (Wildman–Crippen LogP) is 3.67. The third-order valence-corrected chi connectivity index (χ3v) is 3.38. The Kier molecular flexibility index (Phi) is 4.81. The molecule has 0 spiro atoms. The van der Waals surface area contributed by atoms with Crippen molar-refractivity contribution < 1.29 is 0 Å². The van der Waals surface area contributed by atoms with Crippen LogP contribution >= 0.6 is 15.9 Å². The average Bonchev–Trinajstić information content (AvgIpc) is 2.10. The number of halogens is 1. The van der Waals surface area contributed by atoms with Gasteiger partial charge in [0.2, 0.25) is 0 Å². The predicted molar refractivity (Wildman–Crippen MR) is 70.0 cm³/mol. The zero-order valence-electron chi connectivity index (χ0n) is 9.76. The summed E-state index contributed by atoms with van der Waals surface area (Å²) in [6, 6.07) is 6.75. The Balaban J connectivity index is 2.60.